The van der Waals surface area contributed by atoms with Crippen LogP contribution in [-0.4, -0.2) is 39.9 Å². The summed E-state index contributed by atoms with van der Waals surface area (Å²) in [6.45, 7) is 13.9. The van der Waals surface area contributed by atoms with E-state index in [0.29, 0.717) is 11.5 Å². The minimum absolute atomic E-state index is 0. The van der Waals surface area contributed by atoms with Gasteiger partial charge in [-0.2, -0.15) is 0 Å². The fourth-order valence-electron chi connectivity index (χ4n) is 3.27. The van der Waals surface area contributed by atoms with Gasteiger partial charge in [-0.25, -0.2) is 0 Å². The minimum Gasteiger partial charge on any atom is -0.357 e. The lowest BCUT2D eigenvalue weighted by molar-refractivity contribution is 0.346. The Bertz CT molecular complexity index is 576. The molecule has 0 saturated carbocycles. The molecule has 0 aromatic carbocycles. The number of aryl methyl sites for hydroxylation is 1. The summed E-state index contributed by atoms with van der Waals surface area (Å²) in [7, 11) is 0. The van der Waals surface area contributed by atoms with Crippen LogP contribution in [0.2, 0.25) is 0 Å². The molecule has 0 radical (unpaired) electrons. The first kappa shape index (κ1) is 24.2. The van der Waals surface area contributed by atoms with Gasteiger partial charge in [0.05, 0.1) is 0 Å². The van der Waals surface area contributed by atoms with E-state index in [9.17, 15) is 0 Å². The number of fused-ring (bicyclic) bond motifs is 1. The van der Waals surface area contributed by atoms with Crippen LogP contribution in [0.15, 0.2) is 4.99 Å². The SMILES string of the molecule is CCNC(=NCCc1nnc2n1CCCCC2)NC(C)CCC(C)(C)C.I. The van der Waals surface area contributed by atoms with Gasteiger partial charge in [-0.15, -0.1) is 34.2 Å². The molecule has 1 aliphatic heterocycles. The highest BCUT2D eigenvalue weighted by Gasteiger charge is 2.15. The Balaban J connectivity index is 0.00000364. The molecular weight excluding hydrogens is 451 g/mol. The Labute approximate surface area is 182 Å². The van der Waals surface area contributed by atoms with Crippen molar-refractivity contribution in [2.24, 2.45) is 10.4 Å². The second kappa shape index (κ2) is 11.9. The van der Waals surface area contributed by atoms with Crippen molar-refractivity contribution in [1.29, 1.82) is 0 Å². The maximum atomic E-state index is 4.76. The van der Waals surface area contributed by atoms with E-state index in [2.05, 4.69) is 60.0 Å². The number of aliphatic imine (C=N–C) groups is 1. The number of guanidine groups is 1. The second-order valence-electron chi connectivity index (χ2n) is 8.65. The van der Waals surface area contributed by atoms with E-state index in [0.717, 1.165) is 56.5 Å². The molecule has 2 heterocycles. The van der Waals surface area contributed by atoms with Crippen molar-refractivity contribution in [3.63, 3.8) is 0 Å². The van der Waals surface area contributed by atoms with Crippen molar-refractivity contribution in [1.82, 2.24) is 25.4 Å². The lowest BCUT2D eigenvalue weighted by atomic mass is 9.89. The zero-order valence-corrected chi connectivity index (χ0v) is 20.2. The average Bonchev–Trinajstić information content (AvgIpc) is 2.79. The smallest absolute Gasteiger partial charge is 0.191 e. The van der Waals surface area contributed by atoms with Crippen molar-refractivity contribution >= 4 is 29.9 Å². The number of nitrogens with zero attached hydrogens (tertiary/aromatic N) is 4. The van der Waals surface area contributed by atoms with Gasteiger partial charge in [-0.3, -0.25) is 4.99 Å². The summed E-state index contributed by atoms with van der Waals surface area (Å²) in [5.74, 6) is 3.15. The molecule has 1 aliphatic rings. The van der Waals surface area contributed by atoms with Crippen molar-refractivity contribution in [2.45, 2.75) is 92.2 Å². The molecule has 0 bridgehead atoms. The number of rotatable bonds is 7. The monoisotopic (exact) mass is 490 g/mol. The Morgan fingerprint density at radius 1 is 1.22 bits per heavy atom. The van der Waals surface area contributed by atoms with Gasteiger partial charge in [-0.1, -0.05) is 27.2 Å². The quantitative estimate of drug-likeness (QED) is 0.345. The molecule has 0 saturated heterocycles. The van der Waals surface area contributed by atoms with Crippen LogP contribution in [-0.2, 0) is 19.4 Å². The van der Waals surface area contributed by atoms with Gasteiger partial charge in [0.15, 0.2) is 5.96 Å². The Hall–Kier alpha value is -0.860. The van der Waals surface area contributed by atoms with E-state index in [1.165, 1.54) is 25.7 Å². The molecule has 2 N–H and O–H groups in total. The molecular formula is C20H39IN6. The van der Waals surface area contributed by atoms with Crippen LogP contribution < -0.4 is 10.6 Å². The fourth-order valence-corrected chi connectivity index (χ4v) is 3.27. The predicted molar refractivity (Wildman–Crippen MR) is 124 cm³/mol. The highest BCUT2D eigenvalue weighted by Crippen LogP contribution is 2.21. The van der Waals surface area contributed by atoms with Gasteiger partial charge < -0.3 is 15.2 Å². The lowest BCUT2D eigenvalue weighted by Crippen LogP contribution is -2.42. The van der Waals surface area contributed by atoms with Crippen molar-refractivity contribution in [3.8, 4) is 0 Å². The van der Waals surface area contributed by atoms with Crippen LogP contribution in [0.25, 0.3) is 0 Å². The Morgan fingerprint density at radius 2 is 2.00 bits per heavy atom. The molecule has 1 aromatic heterocycles. The molecule has 156 valence electrons. The molecule has 0 spiro atoms. The van der Waals surface area contributed by atoms with Crippen LogP contribution in [0.1, 0.15) is 78.4 Å². The minimum atomic E-state index is 0. The summed E-state index contributed by atoms with van der Waals surface area (Å²) in [6.07, 6.45) is 8.01. The summed E-state index contributed by atoms with van der Waals surface area (Å²) in [6, 6.07) is 0.413. The van der Waals surface area contributed by atoms with Crippen LogP contribution in [0, 0.1) is 5.41 Å². The van der Waals surface area contributed by atoms with E-state index >= 15 is 0 Å². The molecule has 6 nitrogen and oxygen atoms in total. The van der Waals surface area contributed by atoms with E-state index in [1.807, 2.05) is 0 Å². The van der Waals surface area contributed by atoms with Gasteiger partial charge in [-0.05, 0) is 44.9 Å². The zero-order chi connectivity index (χ0) is 19.0. The molecule has 0 fully saturated rings. The first-order chi connectivity index (χ1) is 12.4. The van der Waals surface area contributed by atoms with Gasteiger partial charge >= 0.3 is 0 Å². The summed E-state index contributed by atoms with van der Waals surface area (Å²) in [5.41, 5.74) is 0.372. The Morgan fingerprint density at radius 3 is 2.70 bits per heavy atom. The summed E-state index contributed by atoms with van der Waals surface area (Å²) >= 11 is 0. The highest BCUT2D eigenvalue weighted by molar-refractivity contribution is 14.0. The summed E-state index contributed by atoms with van der Waals surface area (Å²) < 4.78 is 2.31. The lowest BCUT2D eigenvalue weighted by Gasteiger charge is -2.23. The third-order valence-electron chi connectivity index (χ3n) is 4.85. The topological polar surface area (TPSA) is 67.1 Å². The van der Waals surface area contributed by atoms with E-state index < -0.39 is 0 Å². The van der Waals surface area contributed by atoms with Gasteiger partial charge in [0.25, 0.3) is 0 Å². The average molecular weight is 490 g/mol. The zero-order valence-electron chi connectivity index (χ0n) is 17.8. The first-order valence-electron chi connectivity index (χ1n) is 10.3. The van der Waals surface area contributed by atoms with E-state index in [-0.39, 0.29) is 24.0 Å². The van der Waals surface area contributed by atoms with E-state index in [4.69, 9.17) is 4.99 Å². The Kier molecular flexibility index (Phi) is 10.6. The van der Waals surface area contributed by atoms with E-state index in [1.54, 1.807) is 0 Å². The number of hydrogen-bond acceptors (Lipinski definition) is 3. The number of aromatic nitrogens is 3. The van der Waals surface area contributed by atoms with Gasteiger partial charge in [0.1, 0.15) is 11.6 Å². The molecule has 1 aromatic rings. The third-order valence-corrected chi connectivity index (χ3v) is 4.85. The molecule has 27 heavy (non-hydrogen) atoms. The van der Waals surface area contributed by atoms with Crippen LogP contribution in [0.3, 0.4) is 0 Å². The van der Waals surface area contributed by atoms with Crippen molar-refractivity contribution in [2.75, 3.05) is 13.1 Å². The van der Waals surface area contributed by atoms with Crippen molar-refractivity contribution < 1.29 is 0 Å². The molecule has 2 rings (SSSR count). The molecule has 1 unspecified atom stereocenters. The normalized spacial score (nSPS) is 16.1. The highest BCUT2D eigenvalue weighted by atomic mass is 127. The summed E-state index contributed by atoms with van der Waals surface area (Å²) in [5, 5.41) is 15.7. The van der Waals surface area contributed by atoms with Gasteiger partial charge in [0.2, 0.25) is 0 Å². The molecule has 0 amide bonds. The number of hydrogen-bond donors (Lipinski definition) is 2. The first-order valence-corrected chi connectivity index (χ1v) is 10.3. The maximum Gasteiger partial charge on any atom is 0.191 e. The van der Waals surface area contributed by atoms with Gasteiger partial charge in [0, 0.05) is 38.5 Å². The third kappa shape index (κ3) is 8.79. The molecule has 7 heteroatoms. The fraction of sp³-hybridized carbons (Fsp3) is 0.850. The van der Waals surface area contributed by atoms with Crippen LogP contribution in [0.5, 0.6) is 0 Å². The second-order valence-corrected chi connectivity index (χ2v) is 8.65. The number of halogens is 1. The molecule has 0 aliphatic carbocycles. The maximum absolute atomic E-state index is 4.76. The van der Waals surface area contributed by atoms with Crippen LogP contribution in [0.4, 0.5) is 0 Å². The number of nitrogens with one attached hydrogen (secondary N) is 2. The standard InChI is InChI=1S/C20H38N6.HI/c1-6-21-19(23-16(2)11-13-20(3,4)5)22-14-12-18-25-24-17-10-8-7-9-15-26(17)18;/h16H,6-15H2,1-5H3,(H2,21,22,23);1H. The predicted octanol–water partition coefficient (Wildman–Crippen LogP) is 3.93. The largest absolute Gasteiger partial charge is 0.357 e. The summed E-state index contributed by atoms with van der Waals surface area (Å²) in [4.78, 5) is 4.76. The molecule has 1 atom stereocenters. The van der Waals surface area contributed by atoms with Crippen LogP contribution >= 0.6 is 24.0 Å². The van der Waals surface area contributed by atoms with Crippen molar-refractivity contribution in [3.05, 3.63) is 11.6 Å².